The first-order valence-electron chi connectivity index (χ1n) is 7.28. The second-order valence-corrected chi connectivity index (χ2v) is 5.16. The predicted molar refractivity (Wildman–Crippen MR) is 74.9 cm³/mol. The van der Waals surface area contributed by atoms with Crippen LogP contribution in [0.1, 0.15) is 38.5 Å². The molecule has 6 nitrogen and oxygen atoms in total. The molecule has 0 aromatic carbocycles. The highest BCUT2D eigenvalue weighted by atomic mass is 16.2. The number of nitrogens with zero attached hydrogens (tertiary/aromatic N) is 2. The van der Waals surface area contributed by atoms with E-state index in [1.807, 2.05) is 12.5 Å². The summed E-state index contributed by atoms with van der Waals surface area (Å²) in [7, 11) is 0. The molecule has 0 aliphatic carbocycles. The lowest BCUT2D eigenvalue weighted by molar-refractivity contribution is -0.125. The Hall–Kier alpha value is -1.85. The van der Waals surface area contributed by atoms with Gasteiger partial charge in [-0.3, -0.25) is 9.59 Å². The summed E-state index contributed by atoms with van der Waals surface area (Å²) < 4.78 is 2.07. The van der Waals surface area contributed by atoms with E-state index in [2.05, 4.69) is 20.2 Å². The number of carbonyl (C=O) groups is 2. The molecule has 1 aromatic rings. The van der Waals surface area contributed by atoms with E-state index in [4.69, 9.17) is 0 Å². The standard InChI is InChI=1S/C14H22N4O2/c19-13-6-5-12(17-13)14(20)16-7-3-1-2-4-9-18-10-8-15-11-18/h8,10-12H,1-7,9H2,(H,16,20)(H,17,19). The number of rotatable bonds is 8. The summed E-state index contributed by atoms with van der Waals surface area (Å²) in [5.41, 5.74) is 0. The Bertz CT molecular complexity index is 430. The summed E-state index contributed by atoms with van der Waals surface area (Å²) in [6.45, 7) is 1.69. The molecule has 1 saturated heterocycles. The van der Waals surface area contributed by atoms with E-state index in [9.17, 15) is 9.59 Å². The summed E-state index contributed by atoms with van der Waals surface area (Å²) in [4.78, 5) is 26.7. The van der Waals surface area contributed by atoms with E-state index in [0.29, 0.717) is 19.4 Å². The molecular formula is C14H22N4O2. The number of nitrogens with one attached hydrogen (secondary N) is 2. The van der Waals surface area contributed by atoms with Crippen LogP contribution in [0.5, 0.6) is 0 Å². The van der Waals surface area contributed by atoms with Gasteiger partial charge in [-0.05, 0) is 19.3 Å². The van der Waals surface area contributed by atoms with Crippen LogP contribution >= 0.6 is 0 Å². The molecular weight excluding hydrogens is 256 g/mol. The highest BCUT2D eigenvalue weighted by molar-refractivity contribution is 5.90. The second-order valence-electron chi connectivity index (χ2n) is 5.16. The van der Waals surface area contributed by atoms with Crippen LogP contribution in [0.15, 0.2) is 18.7 Å². The third kappa shape index (κ3) is 4.68. The molecule has 0 saturated carbocycles. The monoisotopic (exact) mass is 278 g/mol. The fourth-order valence-corrected chi connectivity index (χ4v) is 2.34. The Morgan fingerprint density at radius 3 is 2.95 bits per heavy atom. The molecule has 2 amide bonds. The number of amides is 2. The Morgan fingerprint density at radius 2 is 2.25 bits per heavy atom. The highest BCUT2D eigenvalue weighted by Crippen LogP contribution is 2.06. The average Bonchev–Trinajstić information content (AvgIpc) is 3.08. The van der Waals surface area contributed by atoms with Crippen LogP contribution in [0.25, 0.3) is 0 Å². The zero-order valence-electron chi connectivity index (χ0n) is 11.7. The molecule has 110 valence electrons. The van der Waals surface area contributed by atoms with Crippen LogP contribution in [-0.2, 0) is 16.1 Å². The van der Waals surface area contributed by atoms with Gasteiger partial charge in [-0.2, -0.15) is 0 Å². The fraction of sp³-hybridized carbons (Fsp3) is 0.643. The minimum Gasteiger partial charge on any atom is -0.354 e. The molecule has 1 atom stereocenters. The predicted octanol–water partition coefficient (Wildman–Crippen LogP) is 0.838. The van der Waals surface area contributed by atoms with Crippen molar-refractivity contribution in [3.63, 3.8) is 0 Å². The van der Waals surface area contributed by atoms with Crippen LogP contribution in [0.3, 0.4) is 0 Å². The number of aromatic nitrogens is 2. The second kappa shape index (κ2) is 7.67. The van der Waals surface area contributed by atoms with Gasteiger partial charge < -0.3 is 15.2 Å². The van der Waals surface area contributed by atoms with Crippen molar-refractivity contribution < 1.29 is 9.59 Å². The molecule has 20 heavy (non-hydrogen) atoms. The number of carbonyl (C=O) groups excluding carboxylic acids is 2. The Balaban J connectivity index is 1.45. The summed E-state index contributed by atoms with van der Waals surface area (Å²) in [6.07, 6.45) is 11.0. The molecule has 0 radical (unpaired) electrons. The van der Waals surface area contributed by atoms with Gasteiger partial charge in [-0.15, -0.1) is 0 Å². The molecule has 1 aromatic heterocycles. The van der Waals surface area contributed by atoms with E-state index in [1.54, 1.807) is 6.20 Å². The third-order valence-corrected chi connectivity index (χ3v) is 3.51. The van der Waals surface area contributed by atoms with E-state index < -0.39 is 0 Å². The Labute approximate surface area is 119 Å². The lowest BCUT2D eigenvalue weighted by Crippen LogP contribution is -2.41. The maximum absolute atomic E-state index is 11.7. The van der Waals surface area contributed by atoms with Gasteiger partial charge in [0.05, 0.1) is 6.33 Å². The number of aryl methyl sites for hydroxylation is 1. The van der Waals surface area contributed by atoms with Gasteiger partial charge in [-0.25, -0.2) is 4.98 Å². The van der Waals surface area contributed by atoms with Crippen molar-refractivity contribution in [1.82, 2.24) is 20.2 Å². The van der Waals surface area contributed by atoms with Crippen molar-refractivity contribution in [1.29, 1.82) is 0 Å². The summed E-state index contributed by atoms with van der Waals surface area (Å²) in [6, 6.07) is -0.316. The van der Waals surface area contributed by atoms with Crippen LogP contribution in [0.2, 0.25) is 0 Å². The summed E-state index contributed by atoms with van der Waals surface area (Å²) in [5.74, 6) is -0.0704. The van der Waals surface area contributed by atoms with Gasteiger partial charge in [0.15, 0.2) is 0 Å². The lowest BCUT2D eigenvalue weighted by Gasteiger charge is -2.10. The fourth-order valence-electron chi connectivity index (χ4n) is 2.34. The maximum atomic E-state index is 11.7. The van der Waals surface area contributed by atoms with Gasteiger partial charge in [0.2, 0.25) is 11.8 Å². The highest BCUT2D eigenvalue weighted by Gasteiger charge is 2.26. The minimum atomic E-state index is -0.316. The molecule has 1 unspecified atom stereocenters. The molecule has 1 aliphatic rings. The molecule has 0 spiro atoms. The van der Waals surface area contributed by atoms with Gasteiger partial charge >= 0.3 is 0 Å². The minimum absolute atomic E-state index is 0.0235. The number of unbranched alkanes of at least 4 members (excludes halogenated alkanes) is 3. The molecule has 2 rings (SSSR count). The van der Waals surface area contributed by atoms with Gasteiger partial charge in [0, 0.05) is 31.9 Å². The summed E-state index contributed by atoms with van der Waals surface area (Å²) >= 11 is 0. The smallest absolute Gasteiger partial charge is 0.242 e. The first kappa shape index (κ1) is 14.6. The normalized spacial score (nSPS) is 18.0. The number of imidazole rings is 1. The Kier molecular flexibility index (Phi) is 5.58. The van der Waals surface area contributed by atoms with Crippen LogP contribution in [-0.4, -0.2) is 34.0 Å². The van der Waals surface area contributed by atoms with Crippen molar-refractivity contribution in [2.75, 3.05) is 6.54 Å². The van der Waals surface area contributed by atoms with Crippen LogP contribution in [0, 0.1) is 0 Å². The summed E-state index contributed by atoms with van der Waals surface area (Å²) in [5, 5.41) is 5.55. The van der Waals surface area contributed by atoms with Crippen LogP contribution < -0.4 is 10.6 Å². The van der Waals surface area contributed by atoms with Gasteiger partial charge in [0.1, 0.15) is 6.04 Å². The topological polar surface area (TPSA) is 76.0 Å². The quantitative estimate of drug-likeness (QED) is 0.692. The average molecular weight is 278 g/mol. The first-order chi connectivity index (χ1) is 9.75. The maximum Gasteiger partial charge on any atom is 0.242 e. The van der Waals surface area contributed by atoms with Crippen molar-refractivity contribution in [2.45, 2.75) is 51.1 Å². The first-order valence-corrected chi connectivity index (χ1v) is 7.28. The molecule has 0 bridgehead atoms. The van der Waals surface area contributed by atoms with Crippen LogP contribution in [0.4, 0.5) is 0 Å². The molecule has 6 heteroatoms. The van der Waals surface area contributed by atoms with Crippen molar-refractivity contribution in [2.24, 2.45) is 0 Å². The van der Waals surface area contributed by atoms with Crippen molar-refractivity contribution >= 4 is 11.8 Å². The van der Waals surface area contributed by atoms with Crippen molar-refractivity contribution in [3.8, 4) is 0 Å². The van der Waals surface area contributed by atoms with E-state index in [1.165, 1.54) is 0 Å². The Morgan fingerprint density at radius 1 is 1.40 bits per heavy atom. The molecule has 1 fully saturated rings. The zero-order valence-corrected chi connectivity index (χ0v) is 11.7. The zero-order chi connectivity index (χ0) is 14.2. The number of hydrogen-bond donors (Lipinski definition) is 2. The van der Waals surface area contributed by atoms with E-state index in [0.717, 1.165) is 32.2 Å². The molecule has 1 aliphatic heterocycles. The molecule has 2 N–H and O–H groups in total. The van der Waals surface area contributed by atoms with Gasteiger partial charge in [0.25, 0.3) is 0 Å². The van der Waals surface area contributed by atoms with Crippen molar-refractivity contribution in [3.05, 3.63) is 18.7 Å². The lowest BCUT2D eigenvalue weighted by atomic mass is 10.2. The van der Waals surface area contributed by atoms with Gasteiger partial charge in [-0.1, -0.05) is 12.8 Å². The van der Waals surface area contributed by atoms with E-state index in [-0.39, 0.29) is 17.9 Å². The van der Waals surface area contributed by atoms with E-state index >= 15 is 0 Å². The SMILES string of the molecule is O=C1CCC(C(=O)NCCCCCCn2ccnc2)N1. The number of hydrogen-bond acceptors (Lipinski definition) is 3. The third-order valence-electron chi connectivity index (χ3n) is 3.51. The molecule has 2 heterocycles. The largest absolute Gasteiger partial charge is 0.354 e.